The van der Waals surface area contributed by atoms with Crippen LogP contribution in [0.5, 0.6) is 0 Å². The Morgan fingerprint density at radius 1 is 1.21 bits per heavy atom. The van der Waals surface area contributed by atoms with E-state index in [2.05, 4.69) is 25.3 Å². The zero-order valence-electron chi connectivity index (χ0n) is 11.7. The van der Waals surface area contributed by atoms with E-state index >= 15 is 0 Å². The summed E-state index contributed by atoms with van der Waals surface area (Å²) < 4.78 is 24.9. The van der Waals surface area contributed by atoms with Gasteiger partial charge in [0.2, 0.25) is 10.0 Å². The maximum atomic E-state index is 11.3. The zero-order chi connectivity index (χ0) is 14.5. The lowest BCUT2D eigenvalue weighted by atomic mass is 10.2. The van der Waals surface area contributed by atoms with Crippen molar-refractivity contribution in [2.75, 3.05) is 37.0 Å². The molecule has 0 spiro atoms. The van der Waals surface area contributed by atoms with Crippen LogP contribution in [-0.4, -0.2) is 44.8 Å². The second-order valence-corrected chi connectivity index (χ2v) is 6.40. The second-order valence-electron chi connectivity index (χ2n) is 4.35. The van der Waals surface area contributed by atoms with Crippen molar-refractivity contribution in [1.29, 1.82) is 0 Å². The molecule has 0 aliphatic heterocycles. The number of anilines is 2. The molecule has 1 heterocycles. The number of hydrogen-bond acceptors (Lipinski definition) is 6. The number of nitrogens with one attached hydrogen (secondary N) is 3. The highest BCUT2D eigenvalue weighted by atomic mass is 32.2. The molecule has 0 aromatic carbocycles. The van der Waals surface area contributed by atoms with Gasteiger partial charge in [-0.1, -0.05) is 13.8 Å². The molecule has 0 fully saturated rings. The Morgan fingerprint density at radius 2 is 1.84 bits per heavy atom. The van der Waals surface area contributed by atoms with E-state index < -0.39 is 10.0 Å². The molecule has 0 radical (unpaired) electrons. The Labute approximate surface area is 114 Å². The van der Waals surface area contributed by atoms with Gasteiger partial charge in [0, 0.05) is 25.6 Å². The standard InChI is InChI=1S/C11H21N5O2S/c1-8(2)11-15-9(12-3)7-10(16-11)14-5-6-19(17,18)13-4/h7-8,13H,5-6H2,1-4H3,(H2,12,14,15,16). The van der Waals surface area contributed by atoms with E-state index in [4.69, 9.17) is 0 Å². The monoisotopic (exact) mass is 287 g/mol. The van der Waals surface area contributed by atoms with Crippen LogP contribution >= 0.6 is 0 Å². The average molecular weight is 287 g/mol. The van der Waals surface area contributed by atoms with Gasteiger partial charge in [-0.05, 0) is 7.05 Å². The van der Waals surface area contributed by atoms with Crippen LogP contribution in [0.2, 0.25) is 0 Å². The van der Waals surface area contributed by atoms with E-state index in [1.54, 1.807) is 13.1 Å². The van der Waals surface area contributed by atoms with Crippen molar-refractivity contribution >= 4 is 21.7 Å². The quantitative estimate of drug-likeness (QED) is 0.680. The molecular formula is C11H21N5O2S. The normalized spacial score (nSPS) is 11.6. The van der Waals surface area contributed by atoms with E-state index in [0.717, 1.165) is 0 Å². The summed E-state index contributed by atoms with van der Waals surface area (Å²) in [4.78, 5) is 8.68. The van der Waals surface area contributed by atoms with Gasteiger partial charge in [-0.3, -0.25) is 0 Å². The third-order valence-electron chi connectivity index (χ3n) is 2.50. The van der Waals surface area contributed by atoms with Gasteiger partial charge in [-0.25, -0.2) is 23.1 Å². The highest BCUT2D eigenvalue weighted by molar-refractivity contribution is 7.89. The third-order valence-corrected chi connectivity index (χ3v) is 3.87. The van der Waals surface area contributed by atoms with E-state index in [-0.39, 0.29) is 11.7 Å². The summed E-state index contributed by atoms with van der Waals surface area (Å²) in [5.41, 5.74) is 0. The van der Waals surface area contributed by atoms with Crippen LogP contribution in [0.4, 0.5) is 11.6 Å². The van der Waals surface area contributed by atoms with Gasteiger partial charge in [-0.15, -0.1) is 0 Å². The molecule has 1 aromatic heterocycles. The third kappa shape index (κ3) is 4.99. The molecule has 8 heteroatoms. The lowest BCUT2D eigenvalue weighted by Crippen LogP contribution is -2.26. The van der Waals surface area contributed by atoms with Crippen LogP contribution < -0.4 is 15.4 Å². The van der Waals surface area contributed by atoms with Crippen LogP contribution in [0.25, 0.3) is 0 Å². The summed E-state index contributed by atoms with van der Waals surface area (Å²) in [6, 6.07) is 1.75. The highest BCUT2D eigenvalue weighted by Crippen LogP contribution is 2.16. The molecule has 0 saturated carbocycles. The summed E-state index contributed by atoms with van der Waals surface area (Å²) in [7, 11) is -0.0251. The lowest BCUT2D eigenvalue weighted by molar-refractivity contribution is 0.588. The summed E-state index contributed by atoms with van der Waals surface area (Å²) in [6.07, 6.45) is 0. The van der Waals surface area contributed by atoms with Gasteiger partial charge < -0.3 is 10.6 Å². The predicted octanol–water partition coefficient (Wildman–Crippen LogP) is 0.603. The first kappa shape index (κ1) is 15.6. The lowest BCUT2D eigenvalue weighted by Gasteiger charge is -2.11. The molecule has 0 unspecified atom stereocenters. The Kier molecular flexibility index (Phi) is 5.49. The first-order valence-electron chi connectivity index (χ1n) is 6.09. The predicted molar refractivity (Wildman–Crippen MR) is 77.0 cm³/mol. The Bertz CT molecular complexity index is 516. The van der Waals surface area contributed by atoms with Gasteiger partial charge in [0.25, 0.3) is 0 Å². The fraction of sp³-hybridized carbons (Fsp3) is 0.636. The molecule has 108 valence electrons. The fourth-order valence-corrected chi connectivity index (χ4v) is 1.93. The number of hydrogen-bond donors (Lipinski definition) is 3. The van der Waals surface area contributed by atoms with E-state index in [0.29, 0.717) is 24.0 Å². The molecule has 1 aromatic rings. The minimum absolute atomic E-state index is 0.000594. The Hall–Kier alpha value is -1.41. The Balaban J connectivity index is 2.75. The maximum absolute atomic E-state index is 11.3. The molecule has 1 rings (SSSR count). The number of rotatable bonds is 7. The van der Waals surface area contributed by atoms with Crippen LogP contribution in [0.3, 0.4) is 0 Å². The van der Waals surface area contributed by atoms with Crippen molar-refractivity contribution in [1.82, 2.24) is 14.7 Å². The van der Waals surface area contributed by atoms with Crippen LogP contribution in [-0.2, 0) is 10.0 Å². The molecule has 0 bridgehead atoms. The number of nitrogens with zero attached hydrogens (tertiary/aromatic N) is 2. The first-order chi connectivity index (χ1) is 8.88. The smallest absolute Gasteiger partial charge is 0.213 e. The van der Waals surface area contributed by atoms with Crippen LogP contribution in [0, 0.1) is 0 Å². The summed E-state index contributed by atoms with van der Waals surface area (Å²) in [6.45, 7) is 4.30. The molecule has 0 aliphatic carbocycles. The molecular weight excluding hydrogens is 266 g/mol. The molecule has 0 amide bonds. The van der Waals surface area contributed by atoms with Crippen molar-refractivity contribution in [2.45, 2.75) is 19.8 Å². The van der Waals surface area contributed by atoms with Gasteiger partial charge in [0.15, 0.2) is 0 Å². The second kappa shape index (κ2) is 6.67. The SMILES string of the molecule is CNc1cc(NCCS(=O)(=O)NC)nc(C(C)C)n1. The fourth-order valence-electron chi connectivity index (χ4n) is 1.36. The van der Waals surface area contributed by atoms with Crippen molar-refractivity contribution in [3.05, 3.63) is 11.9 Å². The summed E-state index contributed by atoms with van der Waals surface area (Å²) in [5.74, 6) is 2.24. The molecule has 3 N–H and O–H groups in total. The molecule has 0 saturated heterocycles. The number of sulfonamides is 1. The summed E-state index contributed by atoms with van der Waals surface area (Å²) >= 11 is 0. The van der Waals surface area contributed by atoms with E-state index in [9.17, 15) is 8.42 Å². The number of aromatic nitrogens is 2. The Morgan fingerprint density at radius 3 is 2.37 bits per heavy atom. The van der Waals surface area contributed by atoms with Crippen molar-refractivity contribution < 1.29 is 8.42 Å². The average Bonchev–Trinajstić information content (AvgIpc) is 2.38. The maximum Gasteiger partial charge on any atom is 0.213 e. The minimum Gasteiger partial charge on any atom is -0.373 e. The molecule has 0 aliphatic rings. The minimum atomic E-state index is -3.20. The summed E-state index contributed by atoms with van der Waals surface area (Å²) in [5, 5.41) is 5.95. The first-order valence-corrected chi connectivity index (χ1v) is 7.75. The van der Waals surface area contributed by atoms with Crippen molar-refractivity contribution in [2.24, 2.45) is 0 Å². The van der Waals surface area contributed by atoms with Crippen molar-refractivity contribution in [3.8, 4) is 0 Å². The highest BCUT2D eigenvalue weighted by Gasteiger charge is 2.09. The molecule has 7 nitrogen and oxygen atoms in total. The molecule has 19 heavy (non-hydrogen) atoms. The topological polar surface area (TPSA) is 96.0 Å². The molecule has 0 atom stereocenters. The van der Waals surface area contributed by atoms with E-state index in [1.807, 2.05) is 13.8 Å². The largest absolute Gasteiger partial charge is 0.373 e. The van der Waals surface area contributed by atoms with Crippen LogP contribution in [0.15, 0.2) is 6.07 Å². The van der Waals surface area contributed by atoms with Gasteiger partial charge in [-0.2, -0.15) is 0 Å². The zero-order valence-corrected chi connectivity index (χ0v) is 12.5. The van der Waals surface area contributed by atoms with Gasteiger partial charge >= 0.3 is 0 Å². The van der Waals surface area contributed by atoms with Crippen LogP contribution in [0.1, 0.15) is 25.6 Å². The van der Waals surface area contributed by atoms with Gasteiger partial charge in [0.1, 0.15) is 17.5 Å². The van der Waals surface area contributed by atoms with Crippen molar-refractivity contribution in [3.63, 3.8) is 0 Å². The van der Waals surface area contributed by atoms with Gasteiger partial charge in [0.05, 0.1) is 5.75 Å². The van der Waals surface area contributed by atoms with E-state index in [1.165, 1.54) is 7.05 Å².